The van der Waals surface area contributed by atoms with Gasteiger partial charge in [-0.25, -0.2) is 4.98 Å². The molecular formula is C17H29N3. The summed E-state index contributed by atoms with van der Waals surface area (Å²) in [6.45, 7) is 12.7. The van der Waals surface area contributed by atoms with Crippen molar-refractivity contribution >= 4 is 5.82 Å². The molecule has 1 aliphatic rings. The molecule has 3 heteroatoms. The van der Waals surface area contributed by atoms with E-state index in [4.69, 9.17) is 0 Å². The molecule has 0 bridgehead atoms. The van der Waals surface area contributed by atoms with E-state index >= 15 is 0 Å². The van der Waals surface area contributed by atoms with Gasteiger partial charge in [0.2, 0.25) is 0 Å². The smallest absolute Gasteiger partial charge is 0.128 e. The Morgan fingerprint density at radius 3 is 2.55 bits per heavy atom. The zero-order valence-corrected chi connectivity index (χ0v) is 13.4. The quantitative estimate of drug-likeness (QED) is 0.913. The molecular weight excluding hydrogens is 246 g/mol. The van der Waals surface area contributed by atoms with Crippen molar-refractivity contribution in [2.45, 2.75) is 46.6 Å². The third-order valence-electron chi connectivity index (χ3n) is 4.66. The molecule has 0 amide bonds. The van der Waals surface area contributed by atoms with E-state index in [-0.39, 0.29) is 0 Å². The summed E-state index contributed by atoms with van der Waals surface area (Å²) in [7, 11) is 0. The first kappa shape index (κ1) is 15.3. The largest absolute Gasteiger partial charge is 0.357 e. The Hall–Kier alpha value is -1.09. The average molecular weight is 275 g/mol. The highest BCUT2D eigenvalue weighted by atomic mass is 15.2. The van der Waals surface area contributed by atoms with Crippen LogP contribution < -0.4 is 10.2 Å². The van der Waals surface area contributed by atoms with Crippen LogP contribution in [0.4, 0.5) is 5.82 Å². The van der Waals surface area contributed by atoms with Crippen molar-refractivity contribution in [3.63, 3.8) is 0 Å². The van der Waals surface area contributed by atoms with Crippen molar-refractivity contribution in [2.75, 3.05) is 24.5 Å². The second kappa shape index (κ2) is 6.57. The van der Waals surface area contributed by atoms with Crippen molar-refractivity contribution in [1.29, 1.82) is 0 Å². The van der Waals surface area contributed by atoms with Gasteiger partial charge in [-0.15, -0.1) is 0 Å². The predicted molar refractivity (Wildman–Crippen MR) is 86.1 cm³/mol. The molecule has 1 N–H and O–H groups in total. The Bertz CT molecular complexity index is 388. The fourth-order valence-corrected chi connectivity index (χ4v) is 2.50. The minimum absolute atomic E-state index is 0.391. The number of rotatable bonds is 4. The van der Waals surface area contributed by atoms with Crippen LogP contribution in [0.1, 0.15) is 40.5 Å². The molecule has 1 aromatic rings. The number of aromatic nitrogens is 1. The highest BCUT2D eigenvalue weighted by Gasteiger charge is 2.23. The highest BCUT2D eigenvalue weighted by Crippen LogP contribution is 2.25. The van der Waals surface area contributed by atoms with E-state index in [9.17, 15) is 0 Å². The van der Waals surface area contributed by atoms with Crippen LogP contribution >= 0.6 is 0 Å². The molecule has 1 saturated heterocycles. The molecule has 0 aliphatic carbocycles. The van der Waals surface area contributed by atoms with Gasteiger partial charge in [0.25, 0.3) is 0 Å². The fraction of sp³-hybridized carbons (Fsp3) is 0.706. The first-order valence-corrected chi connectivity index (χ1v) is 7.86. The zero-order valence-electron chi connectivity index (χ0n) is 13.4. The summed E-state index contributed by atoms with van der Waals surface area (Å²) >= 11 is 0. The number of pyridine rings is 1. The highest BCUT2D eigenvalue weighted by molar-refractivity contribution is 5.38. The molecule has 112 valence electrons. The van der Waals surface area contributed by atoms with Gasteiger partial charge >= 0.3 is 0 Å². The van der Waals surface area contributed by atoms with E-state index in [0.717, 1.165) is 25.5 Å². The minimum Gasteiger partial charge on any atom is -0.357 e. The van der Waals surface area contributed by atoms with Gasteiger partial charge < -0.3 is 10.2 Å². The fourth-order valence-electron chi connectivity index (χ4n) is 2.50. The second-order valence-electron chi connectivity index (χ2n) is 7.12. The maximum Gasteiger partial charge on any atom is 0.128 e. The zero-order chi connectivity index (χ0) is 14.6. The van der Waals surface area contributed by atoms with Gasteiger partial charge in [0.15, 0.2) is 0 Å². The molecule has 1 unspecified atom stereocenters. The molecule has 1 atom stereocenters. The van der Waals surface area contributed by atoms with Crippen molar-refractivity contribution in [1.82, 2.24) is 10.3 Å². The lowest BCUT2D eigenvalue weighted by Gasteiger charge is -2.35. The van der Waals surface area contributed by atoms with Crippen LogP contribution in [0.3, 0.4) is 0 Å². The van der Waals surface area contributed by atoms with Gasteiger partial charge in [0.05, 0.1) is 0 Å². The van der Waals surface area contributed by atoms with Gasteiger partial charge in [-0.3, -0.25) is 0 Å². The molecule has 2 rings (SSSR count). The third kappa shape index (κ3) is 4.20. The number of nitrogens with one attached hydrogen (secondary N) is 1. The molecule has 1 fully saturated rings. The van der Waals surface area contributed by atoms with Gasteiger partial charge in [0.1, 0.15) is 5.82 Å². The summed E-state index contributed by atoms with van der Waals surface area (Å²) in [6, 6.07) is 6.82. The first-order valence-electron chi connectivity index (χ1n) is 7.86. The van der Waals surface area contributed by atoms with Gasteiger partial charge in [0, 0.05) is 25.3 Å². The molecule has 1 aliphatic heterocycles. The lowest BCUT2D eigenvalue weighted by atomic mass is 9.82. The van der Waals surface area contributed by atoms with Crippen LogP contribution in [0.25, 0.3) is 0 Å². The van der Waals surface area contributed by atoms with E-state index in [2.05, 4.69) is 55.0 Å². The van der Waals surface area contributed by atoms with Gasteiger partial charge in [-0.1, -0.05) is 33.8 Å². The molecule has 0 saturated carbocycles. The monoisotopic (exact) mass is 275 g/mol. The summed E-state index contributed by atoms with van der Waals surface area (Å²) in [5.41, 5.74) is 0.391. The maximum absolute atomic E-state index is 4.44. The number of hydrogen-bond acceptors (Lipinski definition) is 3. The van der Waals surface area contributed by atoms with E-state index < -0.39 is 0 Å². The summed E-state index contributed by atoms with van der Waals surface area (Å²) < 4.78 is 0. The topological polar surface area (TPSA) is 28.2 Å². The maximum atomic E-state index is 4.44. The van der Waals surface area contributed by atoms with Crippen LogP contribution in [0, 0.1) is 11.3 Å². The van der Waals surface area contributed by atoms with Crippen LogP contribution in [-0.4, -0.2) is 30.7 Å². The summed E-state index contributed by atoms with van der Waals surface area (Å²) in [5.74, 6) is 1.82. The normalized spacial score (nSPS) is 19.1. The Morgan fingerprint density at radius 2 is 2.00 bits per heavy atom. The Kier molecular flexibility index (Phi) is 5.03. The van der Waals surface area contributed by atoms with Crippen LogP contribution in [0.15, 0.2) is 24.4 Å². The average Bonchev–Trinajstić information content (AvgIpc) is 2.45. The molecule has 1 aromatic heterocycles. The summed E-state index contributed by atoms with van der Waals surface area (Å²) in [6.07, 6.45) is 4.31. The standard InChI is InChI=1S/C17H29N3/c1-14(17(2,3)4)13-19-15-8-11-20(12-9-15)16-7-5-6-10-18-16/h5-7,10,14-15,19H,8-9,11-13H2,1-4H3. The third-order valence-corrected chi connectivity index (χ3v) is 4.66. The number of piperidine rings is 1. The van der Waals surface area contributed by atoms with Crippen LogP contribution in [0.2, 0.25) is 0 Å². The molecule has 0 radical (unpaired) electrons. The SMILES string of the molecule is CC(CNC1CCN(c2ccccn2)CC1)C(C)(C)C. The predicted octanol–water partition coefficient (Wildman–Crippen LogP) is 3.32. The first-order chi connectivity index (χ1) is 9.47. The van der Waals surface area contributed by atoms with E-state index in [1.807, 2.05) is 12.3 Å². The Morgan fingerprint density at radius 1 is 1.30 bits per heavy atom. The van der Waals surface area contributed by atoms with Crippen molar-refractivity contribution in [3.8, 4) is 0 Å². The Labute approximate surface area is 123 Å². The molecule has 20 heavy (non-hydrogen) atoms. The van der Waals surface area contributed by atoms with Gasteiger partial charge in [-0.05, 0) is 42.9 Å². The molecule has 3 nitrogen and oxygen atoms in total. The summed E-state index contributed by atoms with van der Waals surface area (Å²) in [5, 5.41) is 3.75. The lowest BCUT2D eigenvalue weighted by Crippen LogP contribution is -2.45. The van der Waals surface area contributed by atoms with Crippen molar-refractivity contribution in [3.05, 3.63) is 24.4 Å². The van der Waals surface area contributed by atoms with Gasteiger partial charge in [-0.2, -0.15) is 0 Å². The molecule has 0 spiro atoms. The number of anilines is 1. The minimum atomic E-state index is 0.391. The van der Waals surface area contributed by atoms with Crippen molar-refractivity contribution < 1.29 is 0 Å². The van der Waals surface area contributed by atoms with E-state index in [1.54, 1.807) is 0 Å². The molecule has 2 heterocycles. The lowest BCUT2D eigenvalue weighted by molar-refractivity contribution is 0.239. The van der Waals surface area contributed by atoms with Crippen LogP contribution in [0.5, 0.6) is 0 Å². The number of hydrogen-bond donors (Lipinski definition) is 1. The summed E-state index contributed by atoms with van der Waals surface area (Å²) in [4.78, 5) is 6.83. The van der Waals surface area contributed by atoms with E-state index in [0.29, 0.717) is 17.4 Å². The van der Waals surface area contributed by atoms with Crippen LogP contribution in [-0.2, 0) is 0 Å². The van der Waals surface area contributed by atoms with Crippen molar-refractivity contribution in [2.24, 2.45) is 11.3 Å². The Balaban J connectivity index is 1.75. The van der Waals surface area contributed by atoms with E-state index in [1.165, 1.54) is 12.8 Å². The molecule has 0 aromatic carbocycles. The second-order valence-corrected chi connectivity index (χ2v) is 7.12. The number of nitrogens with zero attached hydrogens (tertiary/aromatic N) is 2.